The number of amides is 1. The van der Waals surface area contributed by atoms with Crippen LogP contribution in [0.2, 0.25) is 0 Å². The highest BCUT2D eigenvalue weighted by Gasteiger charge is 2.22. The number of Topliss-reactive ketones (excluding diaryl/α,β-unsaturated/α-hetero) is 1. The first-order valence-corrected chi connectivity index (χ1v) is 8.20. The van der Waals surface area contributed by atoms with Crippen LogP contribution < -0.4 is 5.32 Å². The third kappa shape index (κ3) is 6.22. The van der Waals surface area contributed by atoms with Crippen molar-refractivity contribution in [3.05, 3.63) is 71.8 Å². The fourth-order valence-corrected chi connectivity index (χ4v) is 2.53. The summed E-state index contributed by atoms with van der Waals surface area (Å²) in [5.41, 5.74) is 1.48. The first kappa shape index (κ1) is 18.4. The van der Waals surface area contributed by atoms with Gasteiger partial charge in [-0.15, -0.1) is 0 Å². The van der Waals surface area contributed by atoms with E-state index in [2.05, 4.69) is 5.32 Å². The average Bonchev–Trinajstić information content (AvgIpc) is 2.62. The summed E-state index contributed by atoms with van der Waals surface area (Å²) >= 11 is 0. The van der Waals surface area contributed by atoms with Crippen LogP contribution in [-0.4, -0.2) is 28.8 Å². The molecule has 0 heterocycles. The lowest BCUT2D eigenvalue weighted by atomic mass is 9.97. The monoisotopic (exact) mass is 339 g/mol. The van der Waals surface area contributed by atoms with Gasteiger partial charge in [-0.3, -0.25) is 14.4 Å². The number of benzene rings is 2. The van der Waals surface area contributed by atoms with E-state index in [1.54, 1.807) is 24.3 Å². The predicted molar refractivity (Wildman–Crippen MR) is 94.3 cm³/mol. The standard InChI is InChI=1S/C20H21NO4/c22-18(12-7-13-19(23)24)21-17(14-15-8-3-1-4-9-15)20(25)16-10-5-2-6-11-16/h1-6,8-11,17H,7,12-14H2,(H,21,22)(H,23,24). The van der Waals surface area contributed by atoms with E-state index < -0.39 is 12.0 Å². The molecule has 25 heavy (non-hydrogen) atoms. The molecule has 0 spiro atoms. The molecule has 5 heteroatoms. The molecule has 2 N–H and O–H groups in total. The second-order valence-corrected chi connectivity index (χ2v) is 5.79. The van der Waals surface area contributed by atoms with Crippen molar-refractivity contribution in [1.82, 2.24) is 5.32 Å². The van der Waals surface area contributed by atoms with E-state index >= 15 is 0 Å². The third-order valence-electron chi connectivity index (χ3n) is 3.79. The number of nitrogens with one attached hydrogen (secondary N) is 1. The third-order valence-corrected chi connectivity index (χ3v) is 3.79. The zero-order valence-corrected chi connectivity index (χ0v) is 13.9. The van der Waals surface area contributed by atoms with E-state index in [4.69, 9.17) is 5.11 Å². The number of aliphatic carboxylic acids is 1. The molecule has 2 aromatic carbocycles. The molecule has 1 atom stereocenters. The average molecular weight is 339 g/mol. The Morgan fingerprint density at radius 2 is 1.48 bits per heavy atom. The van der Waals surface area contributed by atoms with Gasteiger partial charge in [-0.25, -0.2) is 0 Å². The highest BCUT2D eigenvalue weighted by atomic mass is 16.4. The van der Waals surface area contributed by atoms with E-state index in [0.717, 1.165) is 5.56 Å². The van der Waals surface area contributed by atoms with Gasteiger partial charge in [0.05, 0.1) is 6.04 Å². The second-order valence-electron chi connectivity index (χ2n) is 5.79. The first-order valence-electron chi connectivity index (χ1n) is 8.20. The summed E-state index contributed by atoms with van der Waals surface area (Å²) < 4.78 is 0. The van der Waals surface area contributed by atoms with Crippen LogP contribution in [-0.2, 0) is 16.0 Å². The molecule has 0 aliphatic carbocycles. The minimum atomic E-state index is -0.936. The van der Waals surface area contributed by atoms with Crippen LogP contribution in [0.4, 0.5) is 0 Å². The number of carbonyl (C=O) groups is 3. The Morgan fingerprint density at radius 1 is 0.880 bits per heavy atom. The van der Waals surface area contributed by atoms with E-state index in [0.29, 0.717) is 12.0 Å². The summed E-state index contributed by atoms with van der Waals surface area (Å²) in [4.78, 5) is 35.4. The normalized spacial score (nSPS) is 11.5. The molecule has 0 fully saturated rings. The molecule has 2 rings (SSSR count). The van der Waals surface area contributed by atoms with Crippen LogP contribution in [0.25, 0.3) is 0 Å². The van der Waals surface area contributed by atoms with Gasteiger partial charge in [-0.05, 0) is 12.0 Å². The van der Waals surface area contributed by atoms with Gasteiger partial charge in [0.15, 0.2) is 5.78 Å². The highest BCUT2D eigenvalue weighted by Crippen LogP contribution is 2.10. The van der Waals surface area contributed by atoms with Crippen LogP contribution in [0, 0.1) is 0 Å². The smallest absolute Gasteiger partial charge is 0.303 e. The number of hydrogen-bond donors (Lipinski definition) is 2. The lowest BCUT2D eigenvalue weighted by Crippen LogP contribution is -2.42. The molecule has 2 aromatic rings. The number of rotatable bonds is 9. The maximum absolute atomic E-state index is 12.8. The number of ketones is 1. The van der Waals surface area contributed by atoms with Gasteiger partial charge >= 0.3 is 5.97 Å². The Hall–Kier alpha value is -2.95. The molecule has 0 radical (unpaired) electrons. The second kappa shape index (κ2) is 9.37. The largest absolute Gasteiger partial charge is 0.481 e. The van der Waals surface area contributed by atoms with E-state index in [1.165, 1.54) is 0 Å². The number of hydrogen-bond acceptors (Lipinski definition) is 3. The van der Waals surface area contributed by atoms with Crippen LogP contribution in [0.15, 0.2) is 60.7 Å². The molecular formula is C20H21NO4. The Kier molecular flexibility index (Phi) is 6.89. The predicted octanol–water partition coefficient (Wildman–Crippen LogP) is 2.85. The van der Waals surface area contributed by atoms with Crippen molar-refractivity contribution in [2.24, 2.45) is 0 Å². The van der Waals surface area contributed by atoms with Gasteiger partial charge in [0.2, 0.25) is 5.91 Å². The fourth-order valence-electron chi connectivity index (χ4n) is 2.53. The van der Waals surface area contributed by atoms with Crippen molar-refractivity contribution < 1.29 is 19.5 Å². The van der Waals surface area contributed by atoms with Crippen molar-refractivity contribution in [1.29, 1.82) is 0 Å². The summed E-state index contributed by atoms with van der Waals surface area (Å²) in [6.07, 6.45) is 0.654. The molecule has 130 valence electrons. The molecule has 0 aliphatic heterocycles. The van der Waals surface area contributed by atoms with Crippen LogP contribution >= 0.6 is 0 Å². The molecule has 0 aliphatic rings. The zero-order chi connectivity index (χ0) is 18.1. The van der Waals surface area contributed by atoms with Crippen molar-refractivity contribution in [3.8, 4) is 0 Å². The molecule has 0 saturated carbocycles. The molecule has 5 nitrogen and oxygen atoms in total. The van der Waals surface area contributed by atoms with Gasteiger partial charge in [0.25, 0.3) is 0 Å². The van der Waals surface area contributed by atoms with Gasteiger partial charge in [0.1, 0.15) is 0 Å². The maximum Gasteiger partial charge on any atom is 0.303 e. The summed E-state index contributed by atoms with van der Waals surface area (Å²) in [7, 11) is 0. The summed E-state index contributed by atoms with van der Waals surface area (Å²) in [5.74, 6) is -1.41. The van der Waals surface area contributed by atoms with E-state index in [-0.39, 0.29) is 31.0 Å². The fraction of sp³-hybridized carbons (Fsp3) is 0.250. The summed E-state index contributed by atoms with van der Waals surface area (Å²) in [5, 5.41) is 11.4. The van der Waals surface area contributed by atoms with Crippen LogP contribution in [0.3, 0.4) is 0 Å². The molecule has 1 unspecified atom stereocenters. The number of carboxylic acids is 1. The molecule has 0 bridgehead atoms. The van der Waals surface area contributed by atoms with Gasteiger partial charge < -0.3 is 10.4 Å². The zero-order valence-electron chi connectivity index (χ0n) is 13.9. The van der Waals surface area contributed by atoms with Gasteiger partial charge in [-0.2, -0.15) is 0 Å². The minimum absolute atomic E-state index is 0.0661. The number of carboxylic acid groups (broad SMARTS) is 1. The van der Waals surface area contributed by atoms with Gasteiger partial charge in [0, 0.05) is 24.8 Å². The topological polar surface area (TPSA) is 83.5 Å². The van der Waals surface area contributed by atoms with Gasteiger partial charge in [-0.1, -0.05) is 60.7 Å². The van der Waals surface area contributed by atoms with Crippen molar-refractivity contribution >= 4 is 17.7 Å². The molecule has 0 aromatic heterocycles. The van der Waals surface area contributed by atoms with E-state index in [9.17, 15) is 14.4 Å². The molecule has 1 amide bonds. The quantitative estimate of drug-likeness (QED) is 0.688. The molecule has 0 saturated heterocycles. The van der Waals surface area contributed by atoms with Crippen molar-refractivity contribution in [2.45, 2.75) is 31.7 Å². The highest BCUT2D eigenvalue weighted by molar-refractivity contribution is 6.02. The Bertz CT molecular complexity index is 713. The number of carbonyl (C=O) groups excluding carboxylic acids is 2. The lowest BCUT2D eigenvalue weighted by Gasteiger charge is -2.18. The molecular weight excluding hydrogens is 318 g/mol. The van der Waals surface area contributed by atoms with Crippen molar-refractivity contribution in [3.63, 3.8) is 0 Å². The summed E-state index contributed by atoms with van der Waals surface area (Å²) in [6.45, 7) is 0. The summed E-state index contributed by atoms with van der Waals surface area (Å²) in [6, 6.07) is 17.6. The van der Waals surface area contributed by atoms with Crippen molar-refractivity contribution in [2.75, 3.05) is 0 Å². The van der Waals surface area contributed by atoms with Crippen LogP contribution in [0.1, 0.15) is 35.2 Å². The lowest BCUT2D eigenvalue weighted by molar-refractivity contribution is -0.137. The minimum Gasteiger partial charge on any atom is -0.481 e. The first-order chi connectivity index (χ1) is 12.1. The Morgan fingerprint density at radius 3 is 2.08 bits per heavy atom. The van der Waals surface area contributed by atoms with Crippen LogP contribution in [0.5, 0.6) is 0 Å². The maximum atomic E-state index is 12.8. The SMILES string of the molecule is O=C(O)CCCC(=O)NC(Cc1ccccc1)C(=O)c1ccccc1. The Labute approximate surface area is 146 Å². The Balaban J connectivity index is 2.07. The van der Waals surface area contributed by atoms with E-state index in [1.807, 2.05) is 36.4 Å².